The van der Waals surface area contributed by atoms with Crippen LogP contribution in [0.4, 0.5) is 0 Å². The summed E-state index contributed by atoms with van der Waals surface area (Å²) < 4.78 is 5.95. The van der Waals surface area contributed by atoms with E-state index in [2.05, 4.69) is 32.9 Å². The van der Waals surface area contributed by atoms with Crippen molar-refractivity contribution in [3.05, 3.63) is 58.6 Å². The molecule has 0 aromatic heterocycles. The molecule has 0 saturated heterocycles. The molecule has 0 unspecified atom stereocenters. The Balaban J connectivity index is 2.33. The standard InChI is InChI=1S/C17H20ClNO/c1-17(2,3)13-5-4-6-15(9-13)20-16-10-14(18)8-7-12(16)11-19/h4-10H,11,19H2,1-3H3. The van der Waals surface area contributed by atoms with E-state index in [9.17, 15) is 0 Å². The van der Waals surface area contributed by atoms with Crippen molar-refractivity contribution in [2.75, 3.05) is 0 Å². The van der Waals surface area contributed by atoms with E-state index in [0.29, 0.717) is 17.3 Å². The molecule has 0 aliphatic rings. The van der Waals surface area contributed by atoms with Crippen molar-refractivity contribution in [1.29, 1.82) is 0 Å². The highest BCUT2D eigenvalue weighted by Gasteiger charge is 2.14. The van der Waals surface area contributed by atoms with Crippen LogP contribution in [0.3, 0.4) is 0 Å². The van der Waals surface area contributed by atoms with Gasteiger partial charge in [0, 0.05) is 17.1 Å². The van der Waals surface area contributed by atoms with Crippen molar-refractivity contribution in [3.8, 4) is 11.5 Å². The molecule has 2 nitrogen and oxygen atoms in total. The molecule has 0 atom stereocenters. The van der Waals surface area contributed by atoms with Crippen molar-refractivity contribution in [3.63, 3.8) is 0 Å². The van der Waals surface area contributed by atoms with Crippen LogP contribution in [0.1, 0.15) is 31.9 Å². The Labute approximate surface area is 125 Å². The van der Waals surface area contributed by atoms with Crippen molar-refractivity contribution >= 4 is 11.6 Å². The maximum Gasteiger partial charge on any atom is 0.133 e. The highest BCUT2D eigenvalue weighted by Crippen LogP contribution is 2.31. The molecule has 0 radical (unpaired) electrons. The minimum atomic E-state index is 0.0877. The van der Waals surface area contributed by atoms with Gasteiger partial charge in [0.05, 0.1) is 0 Å². The van der Waals surface area contributed by atoms with E-state index >= 15 is 0 Å². The monoisotopic (exact) mass is 289 g/mol. The first-order chi connectivity index (χ1) is 9.40. The fourth-order valence-electron chi connectivity index (χ4n) is 1.95. The van der Waals surface area contributed by atoms with Crippen molar-refractivity contribution in [2.24, 2.45) is 5.73 Å². The molecule has 20 heavy (non-hydrogen) atoms. The van der Waals surface area contributed by atoms with Crippen LogP contribution in [0.5, 0.6) is 11.5 Å². The number of hydrogen-bond donors (Lipinski definition) is 1. The predicted molar refractivity (Wildman–Crippen MR) is 84.6 cm³/mol. The average Bonchev–Trinajstić information content (AvgIpc) is 2.38. The number of hydrogen-bond acceptors (Lipinski definition) is 2. The van der Waals surface area contributed by atoms with Crippen molar-refractivity contribution < 1.29 is 4.74 Å². The highest BCUT2D eigenvalue weighted by atomic mass is 35.5. The van der Waals surface area contributed by atoms with E-state index in [1.165, 1.54) is 5.56 Å². The summed E-state index contributed by atoms with van der Waals surface area (Å²) in [7, 11) is 0. The van der Waals surface area contributed by atoms with E-state index in [0.717, 1.165) is 11.3 Å². The summed E-state index contributed by atoms with van der Waals surface area (Å²) in [6.45, 7) is 6.95. The fourth-order valence-corrected chi connectivity index (χ4v) is 2.11. The summed E-state index contributed by atoms with van der Waals surface area (Å²) in [5.74, 6) is 1.51. The second kappa shape index (κ2) is 5.86. The van der Waals surface area contributed by atoms with Gasteiger partial charge in [-0.05, 0) is 35.2 Å². The van der Waals surface area contributed by atoms with E-state index in [-0.39, 0.29) is 5.41 Å². The summed E-state index contributed by atoms with van der Waals surface area (Å²) in [6.07, 6.45) is 0. The smallest absolute Gasteiger partial charge is 0.133 e. The molecule has 2 rings (SSSR count). The Bertz CT molecular complexity index is 602. The summed E-state index contributed by atoms with van der Waals surface area (Å²) in [5, 5.41) is 0.643. The number of halogens is 1. The van der Waals surface area contributed by atoms with Gasteiger partial charge in [-0.25, -0.2) is 0 Å². The zero-order valence-corrected chi connectivity index (χ0v) is 12.9. The molecule has 0 aliphatic heterocycles. The zero-order valence-electron chi connectivity index (χ0n) is 12.1. The van der Waals surface area contributed by atoms with Crippen LogP contribution in [-0.2, 0) is 12.0 Å². The summed E-state index contributed by atoms with van der Waals surface area (Å²) in [6, 6.07) is 13.6. The van der Waals surface area contributed by atoms with E-state index in [1.54, 1.807) is 6.07 Å². The van der Waals surface area contributed by atoms with Crippen LogP contribution >= 0.6 is 11.6 Å². The Morgan fingerprint density at radius 2 is 1.85 bits per heavy atom. The van der Waals surface area contributed by atoms with Crippen LogP contribution in [0.2, 0.25) is 5.02 Å². The first kappa shape index (κ1) is 14.9. The molecule has 0 spiro atoms. The molecular formula is C17H20ClNO. The van der Waals surface area contributed by atoms with Crippen molar-refractivity contribution in [1.82, 2.24) is 0 Å². The lowest BCUT2D eigenvalue weighted by atomic mass is 9.87. The normalized spacial score (nSPS) is 11.4. The lowest BCUT2D eigenvalue weighted by molar-refractivity contribution is 0.472. The maximum absolute atomic E-state index is 6.02. The summed E-state index contributed by atoms with van der Waals surface area (Å²) >= 11 is 6.02. The van der Waals surface area contributed by atoms with E-state index in [1.807, 2.05) is 24.3 Å². The maximum atomic E-state index is 6.02. The Morgan fingerprint density at radius 3 is 2.50 bits per heavy atom. The molecule has 0 amide bonds. The van der Waals surface area contributed by atoms with Gasteiger partial charge in [0.2, 0.25) is 0 Å². The Kier molecular flexibility index (Phi) is 4.36. The third-order valence-electron chi connectivity index (χ3n) is 3.18. The van der Waals surface area contributed by atoms with Crippen LogP contribution in [-0.4, -0.2) is 0 Å². The van der Waals surface area contributed by atoms with Crippen LogP contribution < -0.4 is 10.5 Å². The lowest BCUT2D eigenvalue weighted by Gasteiger charge is -2.20. The largest absolute Gasteiger partial charge is 0.457 e. The van der Waals surface area contributed by atoms with Gasteiger partial charge in [0.15, 0.2) is 0 Å². The van der Waals surface area contributed by atoms with Crippen LogP contribution in [0.15, 0.2) is 42.5 Å². The molecule has 2 N–H and O–H groups in total. The number of nitrogens with two attached hydrogens (primary N) is 1. The minimum absolute atomic E-state index is 0.0877. The van der Waals surface area contributed by atoms with Gasteiger partial charge in [0.1, 0.15) is 11.5 Å². The number of benzene rings is 2. The number of rotatable bonds is 3. The molecule has 2 aromatic carbocycles. The summed E-state index contributed by atoms with van der Waals surface area (Å²) in [4.78, 5) is 0. The van der Waals surface area contributed by atoms with Crippen LogP contribution in [0.25, 0.3) is 0 Å². The lowest BCUT2D eigenvalue weighted by Crippen LogP contribution is -2.10. The molecule has 0 saturated carbocycles. The molecule has 2 aromatic rings. The average molecular weight is 290 g/mol. The van der Waals surface area contributed by atoms with Gasteiger partial charge >= 0.3 is 0 Å². The molecule has 0 heterocycles. The van der Waals surface area contributed by atoms with Gasteiger partial charge < -0.3 is 10.5 Å². The zero-order chi connectivity index (χ0) is 14.8. The van der Waals surface area contributed by atoms with E-state index < -0.39 is 0 Å². The van der Waals surface area contributed by atoms with Gasteiger partial charge in [-0.3, -0.25) is 0 Å². The molecule has 0 fully saturated rings. The summed E-state index contributed by atoms with van der Waals surface area (Å²) in [5.41, 5.74) is 7.99. The molecular weight excluding hydrogens is 270 g/mol. The molecule has 3 heteroatoms. The minimum Gasteiger partial charge on any atom is -0.457 e. The third kappa shape index (κ3) is 3.53. The topological polar surface area (TPSA) is 35.2 Å². The van der Waals surface area contributed by atoms with Gasteiger partial charge in [0.25, 0.3) is 0 Å². The second-order valence-corrected chi connectivity index (χ2v) is 6.27. The highest BCUT2D eigenvalue weighted by molar-refractivity contribution is 6.30. The third-order valence-corrected chi connectivity index (χ3v) is 3.41. The molecule has 0 aliphatic carbocycles. The first-order valence-electron chi connectivity index (χ1n) is 6.67. The van der Waals surface area contributed by atoms with Gasteiger partial charge in [-0.15, -0.1) is 0 Å². The van der Waals surface area contributed by atoms with Crippen molar-refractivity contribution in [2.45, 2.75) is 32.7 Å². The van der Waals surface area contributed by atoms with Gasteiger partial charge in [-0.2, -0.15) is 0 Å². The Hall–Kier alpha value is -1.51. The fraction of sp³-hybridized carbons (Fsp3) is 0.294. The number of ether oxygens (including phenoxy) is 1. The molecule has 106 valence electrons. The SMILES string of the molecule is CC(C)(C)c1cccc(Oc2cc(Cl)ccc2CN)c1. The Morgan fingerprint density at radius 1 is 1.10 bits per heavy atom. The first-order valence-corrected chi connectivity index (χ1v) is 7.05. The van der Waals surface area contributed by atoms with E-state index in [4.69, 9.17) is 22.1 Å². The van der Waals surface area contributed by atoms with Crippen LogP contribution in [0, 0.1) is 0 Å². The predicted octanol–water partition coefficient (Wildman–Crippen LogP) is 4.89. The second-order valence-electron chi connectivity index (χ2n) is 5.84. The quantitative estimate of drug-likeness (QED) is 0.873. The molecule has 0 bridgehead atoms. The van der Waals surface area contributed by atoms with Gasteiger partial charge in [-0.1, -0.05) is 50.6 Å².